The second kappa shape index (κ2) is 3.80. The molecule has 1 fully saturated rings. The van der Waals surface area contributed by atoms with E-state index in [1.165, 1.54) is 0 Å². The van der Waals surface area contributed by atoms with E-state index < -0.39 is 0 Å². The molecule has 2 unspecified atom stereocenters. The molecular formula is C11H13NO2. The maximum absolute atomic E-state index is 11.3. The normalized spacial score (nSPS) is 26.2. The summed E-state index contributed by atoms with van der Waals surface area (Å²) in [5.74, 6) is -0.152. The number of esters is 1. The van der Waals surface area contributed by atoms with Crippen molar-refractivity contribution in [3.63, 3.8) is 0 Å². The van der Waals surface area contributed by atoms with Gasteiger partial charge in [0, 0.05) is 6.42 Å². The predicted octanol–water partition coefficient (Wildman–Crippen LogP) is 1.26. The van der Waals surface area contributed by atoms with Crippen LogP contribution in [0.15, 0.2) is 30.3 Å². The minimum atomic E-state index is -0.153. The first-order chi connectivity index (χ1) is 6.81. The van der Waals surface area contributed by atoms with Gasteiger partial charge in [-0.05, 0) is 12.6 Å². The summed E-state index contributed by atoms with van der Waals surface area (Å²) in [4.78, 5) is 11.3. The summed E-state index contributed by atoms with van der Waals surface area (Å²) in [7, 11) is 1.78. The van der Waals surface area contributed by atoms with Gasteiger partial charge in [-0.1, -0.05) is 30.3 Å². The van der Waals surface area contributed by atoms with Gasteiger partial charge < -0.3 is 10.1 Å². The van der Waals surface area contributed by atoms with Crippen LogP contribution < -0.4 is 5.32 Å². The van der Waals surface area contributed by atoms with Crippen LogP contribution in [0.5, 0.6) is 0 Å². The first-order valence-corrected chi connectivity index (χ1v) is 4.74. The van der Waals surface area contributed by atoms with Crippen molar-refractivity contribution in [2.24, 2.45) is 0 Å². The van der Waals surface area contributed by atoms with Gasteiger partial charge in [-0.25, -0.2) is 0 Å². The van der Waals surface area contributed by atoms with Crippen LogP contribution in [-0.4, -0.2) is 19.1 Å². The summed E-state index contributed by atoms with van der Waals surface area (Å²) in [5, 5.41) is 2.94. The highest BCUT2D eigenvalue weighted by atomic mass is 16.6. The highest BCUT2D eigenvalue weighted by Crippen LogP contribution is 2.29. The minimum absolute atomic E-state index is 0.0823. The number of nitrogens with one attached hydrogen (secondary N) is 1. The predicted molar refractivity (Wildman–Crippen MR) is 52.7 cm³/mol. The first-order valence-electron chi connectivity index (χ1n) is 4.74. The largest absolute Gasteiger partial charge is 0.456 e. The molecule has 1 aliphatic heterocycles. The van der Waals surface area contributed by atoms with E-state index in [2.05, 4.69) is 5.32 Å². The standard InChI is InChI=1S/C11H13NO2/c1-12-9-7-10(14-11(9)13)8-5-3-2-4-6-8/h2-6,9-10,12H,7H2,1H3. The van der Waals surface area contributed by atoms with Gasteiger partial charge in [0.05, 0.1) is 0 Å². The second-order valence-electron chi connectivity index (χ2n) is 3.41. The second-order valence-corrected chi connectivity index (χ2v) is 3.41. The summed E-state index contributed by atoms with van der Waals surface area (Å²) in [6, 6.07) is 9.67. The molecule has 14 heavy (non-hydrogen) atoms. The summed E-state index contributed by atoms with van der Waals surface area (Å²) >= 11 is 0. The molecule has 1 heterocycles. The summed E-state index contributed by atoms with van der Waals surface area (Å²) in [6.45, 7) is 0. The lowest BCUT2D eigenvalue weighted by Gasteiger charge is -2.07. The van der Waals surface area contributed by atoms with E-state index in [4.69, 9.17) is 4.74 Å². The molecule has 0 amide bonds. The smallest absolute Gasteiger partial charge is 0.323 e. The molecule has 3 nitrogen and oxygen atoms in total. The van der Waals surface area contributed by atoms with Gasteiger partial charge in [0.2, 0.25) is 0 Å². The Labute approximate surface area is 83.1 Å². The number of carbonyl (C=O) groups excluding carboxylic acids is 1. The Kier molecular flexibility index (Phi) is 2.50. The van der Waals surface area contributed by atoms with Gasteiger partial charge in [0.15, 0.2) is 0 Å². The summed E-state index contributed by atoms with van der Waals surface area (Å²) in [5.41, 5.74) is 1.07. The van der Waals surface area contributed by atoms with E-state index >= 15 is 0 Å². The van der Waals surface area contributed by atoms with Crippen molar-refractivity contribution in [1.82, 2.24) is 5.32 Å². The van der Waals surface area contributed by atoms with Crippen LogP contribution in [0.3, 0.4) is 0 Å². The summed E-state index contributed by atoms with van der Waals surface area (Å²) in [6.07, 6.45) is 0.639. The molecule has 1 saturated heterocycles. The van der Waals surface area contributed by atoms with Crippen molar-refractivity contribution in [1.29, 1.82) is 0 Å². The Morgan fingerprint density at radius 3 is 2.64 bits per heavy atom. The molecule has 0 aliphatic carbocycles. The van der Waals surface area contributed by atoms with E-state index in [0.29, 0.717) is 0 Å². The molecule has 3 heteroatoms. The zero-order valence-electron chi connectivity index (χ0n) is 8.07. The van der Waals surface area contributed by atoms with Crippen LogP contribution in [-0.2, 0) is 9.53 Å². The first kappa shape index (κ1) is 9.21. The van der Waals surface area contributed by atoms with Crippen LogP contribution >= 0.6 is 0 Å². The quantitative estimate of drug-likeness (QED) is 0.715. The van der Waals surface area contributed by atoms with E-state index in [1.807, 2.05) is 30.3 Å². The van der Waals surface area contributed by atoms with E-state index in [9.17, 15) is 4.79 Å². The molecular weight excluding hydrogens is 178 g/mol. The Bertz CT molecular complexity index is 323. The fourth-order valence-electron chi connectivity index (χ4n) is 1.69. The molecule has 0 spiro atoms. The van der Waals surface area contributed by atoms with Crippen LogP contribution in [0.1, 0.15) is 18.1 Å². The average molecular weight is 191 g/mol. The number of rotatable bonds is 2. The van der Waals surface area contributed by atoms with E-state index in [-0.39, 0.29) is 18.1 Å². The number of likely N-dealkylation sites (N-methyl/N-ethyl adjacent to an activating group) is 1. The lowest BCUT2D eigenvalue weighted by Crippen LogP contribution is -2.29. The van der Waals surface area contributed by atoms with Crippen LogP contribution in [0.2, 0.25) is 0 Å². The Morgan fingerprint density at radius 1 is 1.36 bits per heavy atom. The molecule has 1 aromatic rings. The highest BCUT2D eigenvalue weighted by Gasteiger charge is 2.33. The third-order valence-electron chi connectivity index (χ3n) is 2.51. The van der Waals surface area contributed by atoms with Gasteiger partial charge in [-0.3, -0.25) is 4.79 Å². The molecule has 0 bridgehead atoms. The van der Waals surface area contributed by atoms with Gasteiger partial charge >= 0.3 is 5.97 Å². The van der Waals surface area contributed by atoms with Crippen molar-refractivity contribution < 1.29 is 9.53 Å². The fourth-order valence-corrected chi connectivity index (χ4v) is 1.69. The zero-order valence-corrected chi connectivity index (χ0v) is 8.07. The lowest BCUT2D eigenvalue weighted by molar-refractivity contribution is -0.143. The van der Waals surface area contributed by atoms with Crippen molar-refractivity contribution in [3.05, 3.63) is 35.9 Å². The van der Waals surface area contributed by atoms with Crippen molar-refractivity contribution in [2.45, 2.75) is 18.6 Å². The molecule has 0 aromatic heterocycles. The number of carbonyl (C=O) groups is 1. The van der Waals surface area contributed by atoms with E-state index in [0.717, 1.165) is 12.0 Å². The van der Waals surface area contributed by atoms with Gasteiger partial charge in [-0.2, -0.15) is 0 Å². The van der Waals surface area contributed by atoms with Crippen molar-refractivity contribution in [3.8, 4) is 0 Å². The third kappa shape index (κ3) is 1.63. The molecule has 74 valence electrons. The van der Waals surface area contributed by atoms with Gasteiger partial charge in [0.1, 0.15) is 12.1 Å². The topological polar surface area (TPSA) is 38.3 Å². The van der Waals surface area contributed by atoms with E-state index in [1.54, 1.807) is 7.05 Å². The fraction of sp³-hybridized carbons (Fsp3) is 0.364. The van der Waals surface area contributed by atoms with Crippen LogP contribution in [0, 0.1) is 0 Å². The molecule has 1 N–H and O–H groups in total. The third-order valence-corrected chi connectivity index (χ3v) is 2.51. The Morgan fingerprint density at radius 2 is 2.07 bits per heavy atom. The molecule has 0 radical (unpaired) electrons. The van der Waals surface area contributed by atoms with Gasteiger partial charge in [-0.15, -0.1) is 0 Å². The number of hydrogen-bond acceptors (Lipinski definition) is 3. The number of hydrogen-bond donors (Lipinski definition) is 1. The van der Waals surface area contributed by atoms with Crippen LogP contribution in [0.4, 0.5) is 0 Å². The zero-order chi connectivity index (χ0) is 9.97. The number of ether oxygens (including phenoxy) is 1. The maximum atomic E-state index is 11.3. The van der Waals surface area contributed by atoms with Crippen molar-refractivity contribution in [2.75, 3.05) is 7.05 Å². The lowest BCUT2D eigenvalue weighted by atomic mass is 10.1. The number of cyclic esters (lactones) is 1. The minimum Gasteiger partial charge on any atom is -0.456 e. The summed E-state index contributed by atoms with van der Waals surface area (Å²) < 4.78 is 5.25. The molecule has 2 rings (SSSR count). The molecule has 2 atom stereocenters. The average Bonchev–Trinajstić information content (AvgIpc) is 2.61. The molecule has 0 saturated carbocycles. The van der Waals surface area contributed by atoms with Crippen LogP contribution in [0.25, 0.3) is 0 Å². The Balaban J connectivity index is 2.13. The molecule has 1 aliphatic rings. The molecule has 1 aromatic carbocycles. The highest BCUT2D eigenvalue weighted by molar-refractivity contribution is 5.78. The monoisotopic (exact) mass is 191 g/mol. The number of benzene rings is 1. The Hall–Kier alpha value is -1.35. The van der Waals surface area contributed by atoms with Gasteiger partial charge in [0.25, 0.3) is 0 Å². The SMILES string of the molecule is CNC1CC(c2ccccc2)OC1=O. The maximum Gasteiger partial charge on any atom is 0.323 e. The van der Waals surface area contributed by atoms with Crippen molar-refractivity contribution >= 4 is 5.97 Å².